The molecule has 5 nitrogen and oxygen atoms in total. The van der Waals surface area contributed by atoms with E-state index in [9.17, 15) is 0 Å². The molecule has 22 heavy (non-hydrogen) atoms. The third kappa shape index (κ3) is 3.58. The first-order valence-electron chi connectivity index (χ1n) is 8.61. The zero-order valence-corrected chi connectivity index (χ0v) is 14.3. The minimum Gasteiger partial charge on any atom is -0.353 e. The fourth-order valence-corrected chi connectivity index (χ4v) is 3.64. The largest absolute Gasteiger partial charge is 0.353 e. The van der Waals surface area contributed by atoms with Crippen LogP contribution in [0, 0.1) is 13.8 Å². The first-order chi connectivity index (χ1) is 10.6. The zero-order valence-electron chi connectivity index (χ0n) is 14.3. The van der Waals surface area contributed by atoms with Crippen molar-refractivity contribution in [2.45, 2.75) is 39.2 Å². The van der Waals surface area contributed by atoms with Crippen LogP contribution in [0.4, 0.5) is 5.82 Å². The maximum Gasteiger partial charge on any atom is 0.150 e. The molecule has 2 fully saturated rings. The van der Waals surface area contributed by atoms with Crippen LogP contribution < -0.4 is 4.90 Å². The summed E-state index contributed by atoms with van der Waals surface area (Å²) in [6.45, 7) is 11.0. The Hall–Kier alpha value is -1.20. The van der Waals surface area contributed by atoms with Crippen LogP contribution in [0.1, 0.15) is 30.7 Å². The topological polar surface area (TPSA) is 35.5 Å². The average Bonchev–Trinajstić information content (AvgIpc) is 2.53. The van der Waals surface area contributed by atoms with E-state index >= 15 is 0 Å². The molecule has 122 valence electrons. The van der Waals surface area contributed by atoms with Gasteiger partial charge in [0.2, 0.25) is 0 Å². The molecular weight excluding hydrogens is 274 g/mol. The normalized spacial score (nSPS) is 24.7. The lowest BCUT2D eigenvalue weighted by molar-refractivity contribution is 0.124. The molecule has 2 aliphatic rings. The van der Waals surface area contributed by atoms with Gasteiger partial charge in [-0.1, -0.05) is 6.42 Å². The summed E-state index contributed by atoms with van der Waals surface area (Å²) in [6, 6.07) is 0.751. The van der Waals surface area contributed by atoms with Crippen molar-refractivity contribution in [2.75, 3.05) is 51.2 Å². The Balaban J connectivity index is 1.55. The molecule has 0 N–H and O–H groups in total. The summed E-state index contributed by atoms with van der Waals surface area (Å²) in [5.74, 6) is 1.08. The lowest BCUT2D eigenvalue weighted by Gasteiger charge is -2.40. The standard InChI is InChI=1S/C17H29N5/c1-14-12-18-15(2)17(19-14)22-10-8-21(9-11-22)13-16-6-4-5-7-20(16)3/h12,16H,4-11,13H2,1-3H3. The van der Waals surface area contributed by atoms with Crippen LogP contribution in [0.3, 0.4) is 0 Å². The van der Waals surface area contributed by atoms with E-state index in [4.69, 9.17) is 0 Å². The summed E-state index contributed by atoms with van der Waals surface area (Å²) in [5, 5.41) is 0. The molecule has 1 aromatic rings. The quantitative estimate of drug-likeness (QED) is 0.849. The van der Waals surface area contributed by atoms with Crippen molar-refractivity contribution in [3.05, 3.63) is 17.6 Å². The van der Waals surface area contributed by atoms with Gasteiger partial charge in [0, 0.05) is 45.0 Å². The molecule has 0 bridgehead atoms. The number of rotatable bonds is 3. The first-order valence-corrected chi connectivity index (χ1v) is 8.61. The monoisotopic (exact) mass is 303 g/mol. The van der Waals surface area contributed by atoms with Crippen molar-refractivity contribution in [1.82, 2.24) is 19.8 Å². The number of hydrogen-bond acceptors (Lipinski definition) is 5. The van der Waals surface area contributed by atoms with Crippen molar-refractivity contribution in [3.8, 4) is 0 Å². The third-order valence-electron chi connectivity index (χ3n) is 5.11. The van der Waals surface area contributed by atoms with E-state index in [-0.39, 0.29) is 0 Å². The van der Waals surface area contributed by atoms with Gasteiger partial charge in [0.25, 0.3) is 0 Å². The molecule has 0 amide bonds. The van der Waals surface area contributed by atoms with Crippen molar-refractivity contribution < 1.29 is 0 Å². The number of likely N-dealkylation sites (tertiary alicyclic amines) is 1. The fraction of sp³-hybridized carbons (Fsp3) is 0.765. The van der Waals surface area contributed by atoms with Crippen LogP contribution in [-0.4, -0.2) is 72.1 Å². The predicted molar refractivity (Wildman–Crippen MR) is 90.4 cm³/mol. The number of hydrogen-bond donors (Lipinski definition) is 0. The number of piperidine rings is 1. The maximum atomic E-state index is 4.69. The Morgan fingerprint density at radius 1 is 1.09 bits per heavy atom. The molecule has 0 radical (unpaired) electrons. The summed E-state index contributed by atoms with van der Waals surface area (Å²) < 4.78 is 0. The summed E-state index contributed by atoms with van der Waals surface area (Å²) in [7, 11) is 2.28. The summed E-state index contributed by atoms with van der Waals surface area (Å²) in [6.07, 6.45) is 5.98. The van der Waals surface area contributed by atoms with Gasteiger partial charge in [0.05, 0.1) is 11.4 Å². The van der Waals surface area contributed by atoms with Gasteiger partial charge < -0.3 is 9.80 Å². The molecule has 0 spiro atoms. The van der Waals surface area contributed by atoms with E-state index in [0.29, 0.717) is 0 Å². The molecule has 0 aliphatic carbocycles. The van der Waals surface area contributed by atoms with Crippen molar-refractivity contribution in [1.29, 1.82) is 0 Å². The highest BCUT2D eigenvalue weighted by atomic mass is 15.3. The maximum absolute atomic E-state index is 4.69. The van der Waals surface area contributed by atoms with Crippen molar-refractivity contribution in [2.24, 2.45) is 0 Å². The second kappa shape index (κ2) is 6.92. The molecule has 1 unspecified atom stereocenters. The minimum absolute atomic E-state index is 0.751. The van der Waals surface area contributed by atoms with Gasteiger partial charge in [0.1, 0.15) is 5.82 Å². The molecule has 3 heterocycles. The fourth-order valence-electron chi connectivity index (χ4n) is 3.64. The summed E-state index contributed by atoms with van der Waals surface area (Å²) in [5.41, 5.74) is 2.05. The van der Waals surface area contributed by atoms with Gasteiger partial charge >= 0.3 is 0 Å². The minimum atomic E-state index is 0.751. The van der Waals surface area contributed by atoms with Crippen LogP contribution in [0.25, 0.3) is 0 Å². The Bertz CT molecular complexity index is 496. The molecule has 2 saturated heterocycles. The Morgan fingerprint density at radius 2 is 1.86 bits per heavy atom. The highest BCUT2D eigenvalue weighted by Gasteiger charge is 2.25. The van der Waals surface area contributed by atoms with Gasteiger partial charge in [-0.05, 0) is 40.3 Å². The van der Waals surface area contributed by atoms with Crippen LogP contribution >= 0.6 is 0 Å². The SMILES string of the molecule is Cc1cnc(C)c(N2CCN(CC3CCCCN3C)CC2)n1. The number of nitrogens with zero attached hydrogens (tertiary/aromatic N) is 5. The van der Waals surface area contributed by atoms with Gasteiger partial charge in [-0.2, -0.15) is 0 Å². The molecule has 1 aromatic heterocycles. The Morgan fingerprint density at radius 3 is 2.59 bits per heavy atom. The second-order valence-corrected chi connectivity index (χ2v) is 6.84. The molecule has 0 aromatic carbocycles. The van der Waals surface area contributed by atoms with E-state index in [1.54, 1.807) is 0 Å². The van der Waals surface area contributed by atoms with Crippen LogP contribution in [0.5, 0.6) is 0 Å². The number of anilines is 1. The highest BCUT2D eigenvalue weighted by molar-refractivity contribution is 5.43. The van der Waals surface area contributed by atoms with Crippen LogP contribution in [0.2, 0.25) is 0 Å². The van der Waals surface area contributed by atoms with E-state index in [0.717, 1.165) is 49.4 Å². The third-order valence-corrected chi connectivity index (χ3v) is 5.11. The molecule has 1 atom stereocenters. The van der Waals surface area contributed by atoms with Crippen LogP contribution in [-0.2, 0) is 0 Å². The van der Waals surface area contributed by atoms with Crippen molar-refractivity contribution >= 4 is 5.82 Å². The van der Waals surface area contributed by atoms with Gasteiger partial charge in [-0.15, -0.1) is 0 Å². The molecule has 0 saturated carbocycles. The number of piperazine rings is 1. The lowest BCUT2D eigenvalue weighted by atomic mass is 10.0. The predicted octanol–water partition coefficient (Wildman–Crippen LogP) is 1.70. The highest BCUT2D eigenvalue weighted by Crippen LogP contribution is 2.20. The molecular formula is C17H29N5. The Kier molecular flexibility index (Phi) is 4.93. The summed E-state index contributed by atoms with van der Waals surface area (Å²) >= 11 is 0. The zero-order chi connectivity index (χ0) is 15.5. The molecule has 2 aliphatic heterocycles. The first kappa shape index (κ1) is 15.7. The van der Waals surface area contributed by atoms with E-state index in [2.05, 4.69) is 38.6 Å². The second-order valence-electron chi connectivity index (χ2n) is 6.84. The van der Waals surface area contributed by atoms with Crippen molar-refractivity contribution in [3.63, 3.8) is 0 Å². The summed E-state index contributed by atoms with van der Waals surface area (Å²) in [4.78, 5) is 16.7. The number of likely N-dealkylation sites (N-methyl/N-ethyl adjacent to an activating group) is 1. The molecule has 3 rings (SSSR count). The van der Waals surface area contributed by atoms with Gasteiger partial charge in [-0.25, -0.2) is 4.98 Å². The van der Waals surface area contributed by atoms with Gasteiger partial charge in [-0.3, -0.25) is 9.88 Å². The van der Waals surface area contributed by atoms with E-state index < -0.39 is 0 Å². The number of aromatic nitrogens is 2. The van der Waals surface area contributed by atoms with E-state index in [1.807, 2.05) is 13.1 Å². The van der Waals surface area contributed by atoms with E-state index in [1.165, 1.54) is 32.4 Å². The smallest absolute Gasteiger partial charge is 0.150 e. The average molecular weight is 303 g/mol. The van der Waals surface area contributed by atoms with Gasteiger partial charge in [0.15, 0.2) is 0 Å². The lowest BCUT2D eigenvalue weighted by Crippen LogP contribution is -2.52. The molecule has 5 heteroatoms. The number of aryl methyl sites for hydroxylation is 2. The Labute approximate surface area is 134 Å². The van der Waals surface area contributed by atoms with Crippen LogP contribution in [0.15, 0.2) is 6.20 Å².